The highest BCUT2D eigenvalue weighted by molar-refractivity contribution is 7.09. The zero-order valence-electron chi connectivity index (χ0n) is 16.2. The molecule has 1 N–H and O–H groups in total. The van der Waals surface area contributed by atoms with Crippen LogP contribution >= 0.6 is 11.5 Å². The minimum Gasteiger partial charge on any atom is -0.457 e. The molecule has 28 heavy (non-hydrogen) atoms. The van der Waals surface area contributed by atoms with Crippen LogP contribution in [0.2, 0.25) is 0 Å². The van der Waals surface area contributed by atoms with Crippen LogP contribution < -0.4 is 5.32 Å². The van der Waals surface area contributed by atoms with Crippen LogP contribution in [0.3, 0.4) is 0 Å². The second-order valence-corrected chi connectivity index (χ2v) is 8.21. The number of esters is 1. The number of fused-ring (bicyclic) bond motifs is 1. The van der Waals surface area contributed by atoms with E-state index < -0.39 is 0 Å². The van der Waals surface area contributed by atoms with Crippen molar-refractivity contribution in [3.05, 3.63) is 40.2 Å². The van der Waals surface area contributed by atoms with E-state index in [2.05, 4.69) is 26.5 Å². The molecule has 3 heterocycles. The van der Waals surface area contributed by atoms with Gasteiger partial charge in [0.2, 0.25) is 11.0 Å². The first-order valence-electron chi connectivity index (χ1n) is 9.63. The van der Waals surface area contributed by atoms with Crippen LogP contribution in [0.5, 0.6) is 0 Å². The van der Waals surface area contributed by atoms with Crippen molar-refractivity contribution < 1.29 is 14.3 Å². The standard InChI is InChI=1S/C20H24N4O3S/c1-12-14(3-4-16-17(12)11-27-19(16)26)5-8-24-9-6-15(7-10-24)18(25)22-20-21-13(2)23-28-20/h3-4,15H,5-11H2,1-2H3,(H,21,22,23,25). The number of amides is 1. The Morgan fingerprint density at radius 3 is 2.82 bits per heavy atom. The zero-order chi connectivity index (χ0) is 19.7. The van der Waals surface area contributed by atoms with Crippen molar-refractivity contribution in [2.75, 3.05) is 25.0 Å². The summed E-state index contributed by atoms with van der Waals surface area (Å²) in [7, 11) is 0. The van der Waals surface area contributed by atoms with Crippen molar-refractivity contribution in [3.63, 3.8) is 0 Å². The second kappa shape index (κ2) is 7.97. The van der Waals surface area contributed by atoms with Crippen molar-refractivity contribution in [1.82, 2.24) is 14.3 Å². The number of benzene rings is 1. The predicted octanol–water partition coefficient (Wildman–Crippen LogP) is 2.72. The molecule has 0 atom stereocenters. The maximum absolute atomic E-state index is 12.4. The van der Waals surface area contributed by atoms with Gasteiger partial charge in [0.15, 0.2) is 0 Å². The number of cyclic esters (lactones) is 1. The summed E-state index contributed by atoms with van der Waals surface area (Å²) in [4.78, 5) is 30.7. The Morgan fingerprint density at radius 2 is 2.11 bits per heavy atom. The highest BCUT2D eigenvalue weighted by atomic mass is 32.1. The van der Waals surface area contributed by atoms with Crippen LogP contribution in [0.15, 0.2) is 12.1 Å². The van der Waals surface area contributed by atoms with E-state index in [0.29, 0.717) is 23.1 Å². The van der Waals surface area contributed by atoms with Crippen molar-refractivity contribution >= 4 is 28.5 Å². The molecule has 1 saturated heterocycles. The second-order valence-electron chi connectivity index (χ2n) is 7.45. The largest absolute Gasteiger partial charge is 0.457 e. The molecule has 0 unspecified atom stereocenters. The third-order valence-corrected chi connectivity index (χ3v) is 6.41. The summed E-state index contributed by atoms with van der Waals surface area (Å²) in [5.41, 5.74) is 4.18. The summed E-state index contributed by atoms with van der Waals surface area (Å²) in [6, 6.07) is 3.93. The molecule has 2 aliphatic heterocycles. The Bertz CT molecular complexity index is 903. The van der Waals surface area contributed by atoms with E-state index in [0.717, 1.165) is 44.5 Å². The Balaban J connectivity index is 1.27. The quantitative estimate of drug-likeness (QED) is 0.777. The summed E-state index contributed by atoms with van der Waals surface area (Å²) in [5, 5.41) is 3.47. The molecule has 7 nitrogen and oxygen atoms in total. The van der Waals surface area contributed by atoms with Crippen molar-refractivity contribution in [2.45, 2.75) is 39.7 Å². The number of nitrogens with one attached hydrogen (secondary N) is 1. The number of carbonyl (C=O) groups is 2. The number of ether oxygens (including phenoxy) is 1. The topological polar surface area (TPSA) is 84.4 Å². The summed E-state index contributed by atoms with van der Waals surface area (Å²) in [6.07, 6.45) is 2.65. The first kappa shape index (κ1) is 19.0. The van der Waals surface area contributed by atoms with E-state index in [4.69, 9.17) is 4.74 Å². The SMILES string of the molecule is Cc1nsc(NC(=O)C2CCN(CCc3ccc4c(c3C)COC4=O)CC2)n1. The van der Waals surface area contributed by atoms with E-state index in [1.54, 1.807) is 0 Å². The molecule has 1 aromatic heterocycles. The predicted molar refractivity (Wildman–Crippen MR) is 106 cm³/mol. The average molecular weight is 401 g/mol. The number of hydrogen-bond acceptors (Lipinski definition) is 7. The smallest absolute Gasteiger partial charge is 0.338 e. The lowest BCUT2D eigenvalue weighted by atomic mass is 9.94. The lowest BCUT2D eigenvalue weighted by Gasteiger charge is -2.31. The molecule has 8 heteroatoms. The molecule has 2 aromatic rings. The molecular formula is C20H24N4O3S. The van der Waals surface area contributed by atoms with Crippen LogP contribution in [0.1, 0.15) is 45.7 Å². The van der Waals surface area contributed by atoms with Gasteiger partial charge in [-0.15, -0.1) is 0 Å². The minimum atomic E-state index is -0.214. The molecule has 1 amide bonds. The van der Waals surface area contributed by atoms with E-state index in [9.17, 15) is 9.59 Å². The van der Waals surface area contributed by atoms with Gasteiger partial charge >= 0.3 is 5.97 Å². The molecule has 0 saturated carbocycles. The molecule has 0 radical (unpaired) electrons. The highest BCUT2D eigenvalue weighted by Crippen LogP contribution is 2.27. The fraction of sp³-hybridized carbons (Fsp3) is 0.500. The van der Waals surface area contributed by atoms with Gasteiger partial charge in [-0.3, -0.25) is 4.79 Å². The van der Waals surface area contributed by atoms with E-state index in [1.807, 2.05) is 19.1 Å². The van der Waals surface area contributed by atoms with Crippen LogP contribution in [-0.4, -0.2) is 45.8 Å². The number of nitrogens with zero attached hydrogens (tertiary/aromatic N) is 3. The van der Waals surface area contributed by atoms with E-state index in [1.165, 1.54) is 22.7 Å². The molecule has 1 aromatic carbocycles. The van der Waals surface area contributed by atoms with Gasteiger partial charge < -0.3 is 15.0 Å². The number of anilines is 1. The first-order valence-corrected chi connectivity index (χ1v) is 10.4. The zero-order valence-corrected chi connectivity index (χ0v) is 17.0. The van der Waals surface area contributed by atoms with E-state index in [-0.39, 0.29) is 17.8 Å². The lowest BCUT2D eigenvalue weighted by molar-refractivity contribution is -0.121. The van der Waals surface area contributed by atoms with E-state index >= 15 is 0 Å². The van der Waals surface area contributed by atoms with Gasteiger partial charge in [0.25, 0.3) is 0 Å². The van der Waals surface area contributed by atoms with Crippen molar-refractivity contribution in [1.29, 1.82) is 0 Å². The Labute approximate surface area is 168 Å². The number of hydrogen-bond donors (Lipinski definition) is 1. The third-order valence-electron chi connectivity index (χ3n) is 5.69. The van der Waals surface area contributed by atoms with Crippen molar-refractivity contribution in [2.24, 2.45) is 5.92 Å². The Kier molecular flexibility index (Phi) is 5.41. The molecule has 4 rings (SSSR count). The molecule has 0 bridgehead atoms. The van der Waals surface area contributed by atoms with Gasteiger partial charge in [-0.1, -0.05) is 6.07 Å². The number of aromatic nitrogens is 2. The fourth-order valence-electron chi connectivity index (χ4n) is 3.92. The number of rotatable bonds is 5. The number of piperidine rings is 1. The van der Waals surface area contributed by atoms with Gasteiger partial charge in [-0.2, -0.15) is 4.37 Å². The molecular weight excluding hydrogens is 376 g/mol. The third kappa shape index (κ3) is 3.93. The summed E-state index contributed by atoms with van der Waals surface area (Å²) in [5.74, 6) is 0.557. The van der Waals surface area contributed by atoms with Gasteiger partial charge in [0.05, 0.1) is 5.56 Å². The van der Waals surface area contributed by atoms with Crippen LogP contribution in [0.25, 0.3) is 0 Å². The normalized spacial score (nSPS) is 17.4. The number of carbonyl (C=O) groups excluding carboxylic acids is 2. The number of aryl methyl sites for hydroxylation is 1. The molecule has 0 aliphatic carbocycles. The van der Waals surface area contributed by atoms with Gasteiger partial charge in [-0.25, -0.2) is 9.78 Å². The number of likely N-dealkylation sites (tertiary alicyclic amines) is 1. The first-order chi connectivity index (χ1) is 13.5. The monoisotopic (exact) mass is 400 g/mol. The summed E-state index contributed by atoms with van der Waals surface area (Å²) >= 11 is 1.22. The maximum Gasteiger partial charge on any atom is 0.338 e. The Morgan fingerprint density at radius 1 is 1.32 bits per heavy atom. The molecule has 1 fully saturated rings. The summed E-state index contributed by atoms with van der Waals surface area (Å²) in [6.45, 7) is 7.07. The molecule has 0 spiro atoms. The van der Waals surface area contributed by atoms with Crippen molar-refractivity contribution in [3.8, 4) is 0 Å². The molecule has 2 aliphatic rings. The highest BCUT2D eigenvalue weighted by Gasteiger charge is 2.27. The lowest BCUT2D eigenvalue weighted by Crippen LogP contribution is -2.39. The molecule has 148 valence electrons. The maximum atomic E-state index is 12.4. The van der Waals surface area contributed by atoms with Crippen LogP contribution in [-0.2, 0) is 22.6 Å². The summed E-state index contributed by atoms with van der Waals surface area (Å²) < 4.78 is 9.23. The Hall–Kier alpha value is -2.32. The average Bonchev–Trinajstić information content (AvgIpc) is 3.27. The van der Waals surface area contributed by atoms with Gasteiger partial charge in [0.1, 0.15) is 12.4 Å². The van der Waals surface area contributed by atoms with Gasteiger partial charge in [0, 0.05) is 29.6 Å². The minimum absolute atomic E-state index is 0.0327. The van der Waals surface area contributed by atoms with Gasteiger partial charge in [-0.05, 0) is 63.4 Å². The van der Waals surface area contributed by atoms with Crippen LogP contribution in [0.4, 0.5) is 5.13 Å². The van der Waals surface area contributed by atoms with Crippen LogP contribution in [0, 0.1) is 19.8 Å². The fourth-order valence-corrected chi connectivity index (χ4v) is 4.50.